The molecule has 0 fully saturated rings. The van der Waals surface area contributed by atoms with Crippen LogP contribution in [0.4, 0.5) is 5.69 Å². The molecule has 1 amide bonds. The zero-order chi connectivity index (χ0) is 17.7. The van der Waals surface area contributed by atoms with Crippen molar-refractivity contribution < 1.29 is 19.6 Å². The number of non-ortho nitro benzene ring substituents is 1. The third-order valence-corrected chi connectivity index (χ3v) is 3.39. The number of fused-ring (bicyclic) bond motifs is 1. The van der Waals surface area contributed by atoms with Gasteiger partial charge in [-0.05, 0) is 18.9 Å². The average molecular weight is 333 g/mol. The number of nitrogens with zero attached hydrogens (tertiary/aromatic N) is 1. The van der Waals surface area contributed by atoms with E-state index >= 15 is 0 Å². The molecule has 0 aliphatic heterocycles. The number of carbonyl (C=O) groups excluding carboxylic acids is 1. The summed E-state index contributed by atoms with van der Waals surface area (Å²) in [4.78, 5) is 47.1. The van der Waals surface area contributed by atoms with Crippen LogP contribution in [-0.4, -0.2) is 33.4 Å². The normalized spacial score (nSPS) is 10.5. The highest BCUT2D eigenvalue weighted by Gasteiger charge is 2.15. The molecule has 0 saturated heterocycles. The number of amides is 1. The molecule has 0 aliphatic rings. The van der Waals surface area contributed by atoms with Gasteiger partial charge in [-0.2, -0.15) is 0 Å². The molecule has 0 saturated carbocycles. The van der Waals surface area contributed by atoms with Crippen molar-refractivity contribution in [3.63, 3.8) is 0 Å². The summed E-state index contributed by atoms with van der Waals surface area (Å²) in [7, 11) is 0. The van der Waals surface area contributed by atoms with E-state index in [1.54, 1.807) is 0 Å². The van der Waals surface area contributed by atoms with Crippen LogP contribution in [0.15, 0.2) is 29.1 Å². The number of aromatic amines is 1. The number of pyridine rings is 1. The quantitative estimate of drug-likeness (QED) is 0.397. The van der Waals surface area contributed by atoms with Crippen LogP contribution in [0.2, 0.25) is 0 Å². The Morgan fingerprint density at radius 1 is 1.25 bits per heavy atom. The molecule has 0 bridgehead atoms. The number of hydrogen-bond donors (Lipinski definition) is 3. The Kier molecular flexibility index (Phi) is 5.25. The van der Waals surface area contributed by atoms with Crippen molar-refractivity contribution in [1.29, 1.82) is 0 Å². The average Bonchev–Trinajstić information content (AvgIpc) is 2.52. The van der Waals surface area contributed by atoms with E-state index in [0.717, 1.165) is 6.07 Å². The standard InChI is InChI=1S/C15H15N3O6/c19-13-8-11(15(22)16-6-2-1-3-14(20)21)10-7-9(18(23)24)4-5-12(10)17-13/h4-5,7-8H,1-3,6H2,(H,16,22)(H,17,19)(H,20,21). The largest absolute Gasteiger partial charge is 0.481 e. The highest BCUT2D eigenvalue weighted by atomic mass is 16.6. The molecule has 126 valence electrons. The minimum atomic E-state index is -0.908. The van der Waals surface area contributed by atoms with Gasteiger partial charge in [-0.3, -0.25) is 24.5 Å². The topological polar surface area (TPSA) is 142 Å². The fourth-order valence-electron chi connectivity index (χ4n) is 2.24. The van der Waals surface area contributed by atoms with Gasteiger partial charge in [0, 0.05) is 42.1 Å². The van der Waals surface area contributed by atoms with Crippen molar-refractivity contribution in [3.8, 4) is 0 Å². The molecule has 9 heteroatoms. The van der Waals surface area contributed by atoms with Crippen molar-refractivity contribution in [2.75, 3.05) is 6.54 Å². The number of carboxylic acid groups (broad SMARTS) is 1. The SMILES string of the molecule is O=C(O)CCCCNC(=O)c1cc(=O)[nH]c2ccc([N+](=O)[O-])cc12. The highest BCUT2D eigenvalue weighted by Crippen LogP contribution is 2.21. The molecular weight excluding hydrogens is 318 g/mol. The zero-order valence-corrected chi connectivity index (χ0v) is 12.6. The van der Waals surface area contributed by atoms with Crippen molar-refractivity contribution in [1.82, 2.24) is 10.3 Å². The van der Waals surface area contributed by atoms with E-state index in [4.69, 9.17) is 5.11 Å². The van der Waals surface area contributed by atoms with Crippen LogP contribution in [0.25, 0.3) is 10.9 Å². The van der Waals surface area contributed by atoms with Crippen LogP contribution in [0.5, 0.6) is 0 Å². The fourth-order valence-corrected chi connectivity index (χ4v) is 2.24. The number of benzene rings is 1. The number of nitro benzene ring substituents is 1. The molecule has 3 N–H and O–H groups in total. The van der Waals surface area contributed by atoms with Gasteiger partial charge in [0.15, 0.2) is 0 Å². The Morgan fingerprint density at radius 2 is 2.00 bits per heavy atom. The second-order valence-electron chi connectivity index (χ2n) is 5.14. The molecule has 2 aromatic rings. The van der Waals surface area contributed by atoms with E-state index < -0.39 is 22.4 Å². The number of rotatable bonds is 7. The van der Waals surface area contributed by atoms with Gasteiger partial charge in [0.25, 0.3) is 11.6 Å². The van der Waals surface area contributed by atoms with Gasteiger partial charge >= 0.3 is 5.97 Å². The van der Waals surface area contributed by atoms with E-state index in [9.17, 15) is 24.5 Å². The number of nitro groups is 1. The lowest BCUT2D eigenvalue weighted by atomic mass is 10.1. The van der Waals surface area contributed by atoms with Crippen molar-refractivity contribution in [3.05, 3.63) is 50.3 Å². The third kappa shape index (κ3) is 4.15. The first-order valence-corrected chi connectivity index (χ1v) is 7.20. The van der Waals surface area contributed by atoms with Crippen molar-refractivity contribution in [2.24, 2.45) is 0 Å². The molecule has 24 heavy (non-hydrogen) atoms. The number of nitrogens with one attached hydrogen (secondary N) is 2. The maximum atomic E-state index is 12.2. The first kappa shape index (κ1) is 17.1. The summed E-state index contributed by atoms with van der Waals surface area (Å²) in [5.41, 5.74) is -0.322. The second kappa shape index (κ2) is 7.36. The number of unbranched alkanes of at least 4 members (excludes halogenated alkanes) is 1. The molecule has 0 aliphatic carbocycles. The van der Waals surface area contributed by atoms with Gasteiger partial charge in [0.2, 0.25) is 5.56 Å². The smallest absolute Gasteiger partial charge is 0.303 e. The number of hydrogen-bond acceptors (Lipinski definition) is 5. The first-order valence-electron chi connectivity index (χ1n) is 7.20. The Hall–Kier alpha value is -3.23. The number of H-pyrrole nitrogens is 1. The molecule has 1 aromatic heterocycles. The number of aromatic nitrogens is 1. The third-order valence-electron chi connectivity index (χ3n) is 3.39. The molecule has 1 heterocycles. The van der Waals surface area contributed by atoms with E-state index in [1.165, 1.54) is 18.2 Å². The van der Waals surface area contributed by atoms with Gasteiger partial charge in [0.05, 0.1) is 10.5 Å². The van der Waals surface area contributed by atoms with Crippen LogP contribution >= 0.6 is 0 Å². The summed E-state index contributed by atoms with van der Waals surface area (Å²) in [5, 5.41) is 22.3. The van der Waals surface area contributed by atoms with Gasteiger partial charge in [-0.25, -0.2) is 0 Å². The van der Waals surface area contributed by atoms with Crippen molar-refractivity contribution >= 4 is 28.5 Å². The molecule has 0 radical (unpaired) electrons. The minimum absolute atomic E-state index is 0.00992. The van der Waals surface area contributed by atoms with Gasteiger partial charge in [-0.15, -0.1) is 0 Å². The molecule has 0 spiro atoms. The van der Waals surface area contributed by atoms with Gasteiger partial charge in [0.1, 0.15) is 0 Å². The number of carbonyl (C=O) groups is 2. The maximum absolute atomic E-state index is 12.2. The van der Waals surface area contributed by atoms with E-state index in [-0.39, 0.29) is 29.6 Å². The summed E-state index contributed by atoms with van der Waals surface area (Å²) in [6.45, 7) is 0.245. The lowest BCUT2D eigenvalue weighted by molar-refractivity contribution is -0.384. The Morgan fingerprint density at radius 3 is 2.67 bits per heavy atom. The van der Waals surface area contributed by atoms with Gasteiger partial charge < -0.3 is 15.4 Å². The summed E-state index contributed by atoms with van der Waals surface area (Å²) in [5.74, 6) is -1.45. The van der Waals surface area contributed by atoms with E-state index in [0.29, 0.717) is 18.4 Å². The summed E-state index contributed by atoms with van der Waals surface area (Å²) in [6, 6.07) is 4.92. The van der Waals surface area contributed by atoms with Crippen LogP contribution in [0.3, 0.4) is 0 Å². The van der Waals surface area contributed by atoms with Crippen LogP contribution in [-0.2, 0) is 4.79 Å². The Labute approximate surface area is 135 Å². The number of carboxylic acids is 1. The number of aliphatic carboxylic acids is 1. The van der Waals surface area contributed by atoms with Crippen LogP contribution in [0, 0.1) is 10.1 Å². The molecule has 2 rings (SSSR count). The molecule has 9 nitrogen and oxygen atoms in total. The molecular formula is C15H15N3O6. The van der Waals surface area contributed by atoms with E-state index in [2.05, 4.69) is 10.3 Å². The Bertz CT molecular complexity index is 858. The lowest BCUT2D eigenvalue weighted by Gasteiger charge is -2.07. The van der Waals surface area contributed by atoms with Crippen LogP contribution < -0.4 is 10.9 Å². The molecule has 0 unspecified atom stereocenters. The zero-order valence-electron chi connectivity index (χ0n) is 12.6. The fraction of sp³-hybridized carbons (Fsp3) is 0.267. The Balaban J connectivity index is 2.21. The summed E-state index contributed by atoms with van der Waals surface area (Å²) >= 11 is 0. The first-order chi connectivity index (χ1) is 11.4. The molecule has 0 atom stereocenters. The monoisotopic (exact) mass is 333 g/mol. The van der Waals surface area contributed by atoms with Crippen molar-refractivity contribution in [2.45, 2.75) is 19.3 Å². The predicted molar refractivity (Wildman–Crippen MR) is 85.0 cm³/mol. The lowest BCUT2D eigenvalue weighted by Crippen LogP contribution is -2.26. The minimum Gasteiger partial charge on any atom is -0.481 e. The summed E-state index contributed by atoms with van der Waals surface area (Å²) < 4.78 is 0. The van der Waals surface area contributed by atoms with Crippen LogP contribution in [0.1, 0.15) is 29.6 Å². The van der Waals surface area contributed by atoms with E-state index in [1.807, 2.05) is 0 Å². The molecule has 1 aromatic carbocycles. The maximum Gasteiger partial charge on any atom is 0.303 e. The van der Waals surface area contributed by atoms with Gasteiger partial charge in [-0.1, -0.05) is 0 Å². The summed E-state index contributed by atoms with van der Waals surface area (Å²) in [6.07, 6.45) is 0.895. The predicted octanol–water partition coefficient (Wildman–Crippen LogP) is 1.42. The highest BCUT2D eigenvalue weighted by molar-refractivity contribution is 6.06. The second-order valence-corrected chi connectivity index (χ2v) is 5.14.